The van der Waals surface area contributed by atoms with E-state index in [-0.39, 0.29) is 23.9 Å². The van der Waals surface area contributed by atoms with Gasteiger partial charge in [-0.3, -0.25) is 4.99 Å². The van der Waals surface area contributed by atoms with E-state index >= 15 is 0 Å². The number of aliphatic imine (C=N–C) groups is 1. The number of carbonyl (C=O) groups is 1. The Labute approximate surface area is 165 Å². The third kappa shape index (κ3) is 5.76. The minimum absolute atomic E-state index is 0.0520. The minimum atomic E-state index is -0.705. The topological polar surface area (TPSA) is 106 Å². The van der Waals surface area contributed by atoms with Crippen molar-refractivity contribution in [1.82, 2.24) is 15.5 Å². The molecule has 2 aliphatic heterocycles. The second-order valence-electron chi connectivity index (χ2n) is 7.89. The molecule has 1 fully saturated rings. The minimum Gasteiger partial charge on any atom is -0.444 e. The van der Waals surface area contributed by atoms with Gasteiger partial charge in [-0.1, -0.05) is 13.3 Å². The van der Waals surface area contributed by atoms with E-state index in [9.17, 15) is 15.0 Å². The van der Waals surface area contributed by atoms with E-state index < -0.39 is 17.9 Å². The van der Waals surface area contributed by atoms with E-state index in [1.54, 1.807) is 11.9 Å². The van der Waals surface area contributed by atoms with Gasteiger partial charge in [0, 0.05) is 7.05 Å². The molecule has 2 rings (SSSR count). The Morgan fingerprint density at radius 2 is 2.22 bits per heavy atom. The Morgan fingerprint density at radius 3 is 2.81 bits per heavy atom. The highest BCUT2D eigenvalue weighted by molar-refractivity contribution is 8.03. The lowest BCUT2D eigenvalue weighted by Crippen LogP contribution is -2.62. The maximum atomic E-state index is 12.1. The Bertz CT molecular complexity index is 590. The number of rotatable bonds is 6. The van der Waals surface area contributed by atoms with E-state index in [1.165, 1.54) is 11.8 Å². The molecule has 0 aromatic heterocycles. The molecule has 9 heteroatoms. The van der Waals surface area contributed by atoms with Crippen molar-refractivity contribution < 1.29 is 19.7 Å². The third-order valence-corrected chi connectivity index (χ3v) is 5.68. The first-order valence-electron chi connectivity index (χ1n) is 9.33. The number of aliphatic hydroxyl groups excluding tert-OH is 2. The lowest BCUT2D eigenvalue weighted by molar-refractivity contribution is 0.0455. The smallest absolute Gasteiger partial charge is 0.407 e. The molecule has 0 aliphatic carbocycles. The van der Waals surface area contributed by atoms with Gasteiger partial charge in [-0.2, -0.15) is 0 Å². The summed E-state index contributed by atoms with van der Waals surface area (Å²) in [4.78, 5) is 18.3. The molecule has 0 aromatic rings. The van der Waals surface area contributed by atoms with Gasteiger partial charge in [-0.15, -0.1) is 11.8 Å². The number of ether oxygens (including phenoxy) is 1. The second-order valence-corrected chi connectivity index (χ2v) is 8.95. The summed E-state index contributed by atoms with van der Waals surface area (Å²) < 4.78 is 5.33. The second kappa shape index (κ2) is 9.16. The Hall–Kier alpha value is -1.45. The zero-order valence-corrected chi connectivity index (χ0v) is 17.5. The zero-order valence-electron chi connectivity index (χ0n) is 16.7. The fraction of sp³-hybridized carbons (Fsp3) is 0.778. The van der Waals surface area contributed by atoms with Gasteiger partial charge in [0.1, 0.15) is 11.8 Å². The van der Waals surface area contributed by atoms with Gasteiger partial charge >= 0.3 is 6.09 Å². The maximum absolute atomic E-state index is 12.1. The Morgan fingerprint density at radius 1 is 1.52 bits per heavy atom. The normalized spacial score (nSPS) is 27.7. The van der Waals surface area contributed by atoms with Crippen molar-refractivity contribution >= 4 is 23.8 Å². The number of carbonyl (C=O) groups excluding carboxylic acids is 1. The monoisotopic (exact) mass is 400 g/mol. The first kappa shape index (κ1) is 21.8. The molecule has 4 N–H and O–H groups in total. The number of fused-ring (bicyclic) bond motifs is 1. The van der Waals surface area contributed by atoms with E-state index in [0.717, 1.165) is 18.4 Å². The molecule has 0 aromatic carbocycles. The summed E-state index contributed by atoms with van der Waals surface area (Å²) >= 11 is 1.51. The van der Waals surface area contributed by atoms with E-state index in [2.05, 4.69) is 15.6 Å². The van der Waals surface area contributed by atoms with Gasteiger partial charge in [0.15, 0.2) is 5.96 Å². The van der Waals surface area contributed by atoms with Crippen molar-refractivity contribution in [3.63, 3.8) is 0 Å². The number of guanidine groups is 1. The van der Waals surface area contributed by atoms with Crippen LogP contribution in [-0.2, 0) is 4.74 Å². The molecule has 2 heterocycles. The fourth-order valence-electron chi connectivity index (χ4n) is 3.05. The Balaban J connectivity index is 2.03. The fourth-order valence-corrected chi connectivity index (χ4v) is 4.33. The number of aliphatic hydroxyl groups is 2. The Kier molecular flexibility index (Phi) is 7.41. The van der Waals surface area contributed by atoms with Crippen molar-refractivity contribution in [3.05, 3.63) is 11.0 Å². The average molecular weight is 401 g/mol. The lowest BCUT2D eigenvalue weighted by Gasteiger charge is -2.41. The summed E-state index contributed by atoms with van der Waals surface area (Å²) in [6.45, 7) is 7.84. The van der Waals surface area contributed by atoms with Crippen LogP contribution < -0.4 is 10.6 Å². The SMILES string of the molecule is CCC[C@@H](CN=C1NC2C(CO)=CSC2C(O)N1C)NC(=O)OC(C)(C)C. The van der Waals surface area contributed by atoms with Crippen LogP contribution in [0.3, 0.4) is 0 Å². The molecule has 0 spiro atoms. The summed E-state index contributed by atoms with van der Waals surface area (Å²) in [6.07, 6.45) is 0.509. The van der Waals surface area contributed by atoms with Crippen molar-refractivity contribution in [3.8, 4) is 0 Å². The molecular formula is C18H32N4O4S. The molecule has 27 heavy (non-hydrogen) atoms. The average Bonchev–Trinajstić information content (AvgIpc) is 2.98. The maximum Gasteiger partial charge on any atom is 0.407 e. The molecule has 0 radical (unpaired) electrons. The van der Waals surface area contributed by atoms with Crippen LogP contribution in [0.5, 0.6) is 0 Å². The molecule has 1 saturated heterocycles. The molecule has 154 valence electrons. The highest BCUT2D eigenvalue weighted by atomic mass is 32.2. The van der Waals surface area contributed by atoms with Crippen LogP contribution in [0.4, 0.5) is 4.79 Å². The lowest BCUT2D eigenvalue weighted by atomic mass is 10.0. The number of hydrogen-bond donors (Lipinski definition) is 4. The first-order valence-corrected chi connectivity index (χ1v) is 10.3. The molecule has 3 unspecified atom stereocenters. The summed E-state index contributed by atoms with van der Waals surface area (Å²) in [5.41, 5.74) is 0.298. The van der Waals surface area contributed by atoms with Gasteiger partial charge in [0.25, 0.3) is 0 Å². The highest BCUT2D eigenvalue weighted by Gasteiger charge is 2.42. The van der Waals surface area contributed by atoms with Crippen LogP contribution >= 0.6 is 11.8 Å². The van der Waals surface area contributed by atoms with Crippen LogP contribution in [0.25, 0.3) is 0 Å². The zero-order chi connectivity index (χ0) is 20.2. The number of nitrogens with zero attached hydrogens (tertiary/aromatic N) is 2. The van der Waals surface area contributed by atoms with Crippen LogP contribution in [0.2, 0.25) is 0 Å². The number of amides is 1. The van der Waals surface area contributed by atoms with Crippen molar-refractivity contribution in [1.29, 1.82) is 0 Å². The van der Waals surface area contributed by atoms with Gasteiger partial charge in [0.05, 0.1) is 30.5 Å². The summed E-state index contributed by atoms with van der Waals surface area (Å²) in [6, 6.07) is -0.304. The van der Waals surface area contributed by atoms with Crippen LogP contribution in [0.15, 0.2) is 16.0 Å². The predicted molar refractivity (Wildman–Crippen MR) is 108 cm³/mol. The van der Waals surface area contributed by atoms with Gasteiger partial charge in [-0.25, -0.2) is 4.79 Å². The quantitative estimate of drug-likeness (QED) is 0.532. The van der Waals surface area contributed by atoms with E-state index in [4.69, 9.17) is 4.74 Å². The van der Waals surface area contributed by atoms with Gasteiger partial charge in [0.2, 0.25) is 0 Å². The number of thioether (sulfide) groups is 1. The van der Waals surface area contributed by atoms with Crippen LogP contribution in [-0.4, -0.2) is 76.5 Å². The predicted octanol–water partition coefficient (Wildman–Crippen LogP) is 1.25. The van der Waals surface area contributed by atoms with Crippen molar-refractivity contribution in [2.45, 2.75) is 69.7 Å². The summed E-state index contributed by atoms with van der Waals surface area (Å²) in [5, 5.41) is 28.1. The number of alkyl carbamates (subject to hydrolysis) is 1. The molecule has 4 atom stereocenters. The number of nitrogens with one attached hydrogen (secondary N) is 2. The van der Waals surface area contributed by atoms with E-state index in [1.807, 2.05) is 33.1 Å². The van der Waals surface area contributed by atoms with Crippen molar-refractivity contribution in [2.24, 2.45) is 4.99 Å². The van der Waals surface area contributed by atoms with Crippen LogP contribution in [0.1, 0.15) is 40.5 Å². The van der Waals surface area contributed by atoms with Crippen LogP contribution in [0, 0.1) is 0 Å². The molecule has 0 saturated carbocycles. The molecule has 1 amide bonds. The first-order chi connectivity index (χ1) is 12.7. The molecular weight excluding hydrogens is 368 g/mol. The largest absolute Gasteiger partial charge is 0.444 e. The molecule has 0 bridgehead atoms. The standard InChI is InChI=1S/C18H32N4O4S/c1-6-7-12(20-17(25)26-18(2,3)4)8-19-16-21-13-11(9-23)10-27-14(13)15(24)22(16)5/h10,12-15,23-24H,6-9H2,1-5H3,(H,19,21)(H,20,25)/t12-,13?,14?,15?/m0/s1. The molecule has 2 aliphatic rings. The van der Waals surface area contributed by atoms with Gasteiger partial charge in [-0.05, 0) is 38.2 Å². The number of hydrogen-bond acceptors (Lipinski definition) is 6. The highest BCUT2D eigenvalue weighted by Crippen LogP contribution is 2.35. The van der Waals surface area contributed by atoms with E-state index in [0.29, 0.717) is 12.5 Å². The summed E-state index contributed by atoms with van der Waals surface area (Å²) in [5.74, 6) is 0.553. The molecule has 8 nitrogen and oxygen atoms in total. The van der Waals surface area contributed by atoms with Crippen molar-refractivity contribution in [2.75, 3.05) is 20.2 Å². The third-order valence-electron chi connectivity index (χ3n) is 4.42. The summed E-state index contributed by atoms with van der Waals surface area (Å²) in [7, 11) is 1.78. The van der Waals surface area contributed by atoms with Gasteiger partial charge < -0.3 is 30.5 Å².